The van der Waals surface area contributed by atoms with Gasteiger partial charge in [0.2, 0.25) is 0 Å². The van der Waals surface area contributed by atoms with Gasteiger partial charge in [0.05, 0.1) is 0 Å². The third-order valence-corrected chi connectivity index (χ3v) is 1.42. The number of nitrogens with one attached hydrogen (secondary N) is 1. The molecule has 0 radical (unpaired) electrons. The predicted octanol–water partition coefficient (Wildman–Crippen LogP) is 1.18. The van der Waals surface area contributed by atoms with E-state index in [2.05, 4.69) is 24.0 Å². The summed E-state index contributed by atoms with van der Waals surface area (Å²) in [5.41, 5.74) is 0. The van der Waals surface area contributed by atoms with Crippen LogP contribution in [0.5, 0.6) is 0 Å². The fourth-order valence-electron chi connectivity index (χ4n) is 0.729. The molecule has 2 N–H and O–H groups in total. The molecule has 0 aromatic rings. The van der Waals surface area contributed by atoms with E-state index in [0.29, 0.717) is 5.92 Å². The number of hydrogen-bond donors (Lipinski definition) is 2. The highest BCUT2D eigenvalue weighted by Gasteiger charge is 2.08. The molecule has 0 fully saturated rings. The van der Waals surface area contributed by atoms with Crippen molar-refractivity contribution >= 4 is 0 Å². The molecule has 1 atom stereocenters. The Hall–Kier alpha value is -0.920. The van der Waals surface area contributed by atoms with Crippen molar-refractivity contribution in [3.63, 3.8) is 0 Å². The lowest BCUT2D eigenvalue weighted by Gasteiger charge is -2.17. The van der Waals surface area contributed by atoms with Crippen molar-refractivity contribution in [1.29, 1.82) is 0 Å². The van der Waals surface area contributed by atoms with Crippen LogP contribution in [0.25, 0.3) is 0 Å². The largest absolute Gasteiger partial charge is 0.495 e. The number of hydrogen-bond acceptors (Lipinski definition) is 2. The van der Waals surface area contributed by atoms with E-state index in [1.54, 1.807) is 0 Å². The van der Waals surface area contributed by atoms with Crippen LogP contribution in [0.3, 0.4) is 0 Å². The van der Waals surface area contributed by atoms with Gasteiger partial charge >= 0.3 is 0 Å². The Morgan fingerprint density at radius 2 is 2.56 bits per heavy atom. The standard InChI is InChI=1S/C7H11NO/c1-6(9)8-5-7-3-2-4-7/h2-3,7-9H,1,4-5H2. The Labute approximate surface area is 54.9 Å². The number of aliphatic hydroxyl groups is 1. The van der Waals surface area contributed by atoms with Gasteiger partial charge in [-0.25, -0.2) is 0 Å². The molecule has 0 spiro atoms. The molecule has 0 heterocycles. The van der Waals surface area contributed by atoms with Gasteiger partial charge < -0.3 is 10.4 Å². The Morgan fingerprint density at radius 3 is 2.89 bits per heavy atom. The van der Waals surface area contributed by atoms with Crippen LogP contribution in [0.1, 0.15) is 6.42 Å². The van der Waals surface area contributed by atoms with Gasteiger partial charge in [0.25, 0.3) is 0 Å². The van der Waals surface area contributed by atoms with Crippen LogP contribution >= 0.6 is 0 Å². The first-order chi connectivity index (χ1) is 4.29. The van der Waals surface area contributed by atoms with E-state index in [-0.39, 0.29) is 5.88 Å². The van der Waals surface area contributed by atoms with E-state index >= 15 is 0 Å². The first-order valence-electron chi connectivity index (χ1n) is 3.07. The van der Waals surface area contributed by atoms with Crippen LogP contribution in [0.15, 0.2) is 24.6 Å². The fraction of sp³-hybridized carbons (Fsp3) is 0.429. The molecule has 0 saturated carbocycles. The maximum Gasteiger partial charge on any atom is 0.176 e. The second-order valence-corrected chi connectivity index (χ2v) is 2.25. The van der Waals surface area contributed by atoms with Gasteiger partial charge in [-0.3, -0.25) is 0 Å². The number of aliphatic hydroxyl groups excluding tert-OH is 1. The summed E-state index contributed by atoms with van der Waals surface area (Å²) in [6.07, 6.45) is 5.36. The van der Waals surface area contributed by atoms with Crippen molar-refractivity contribution in [1.82, 2.24) is 5.32 Å². The first-order valence-corrected chi connectivity index (χ1v) is 3.07. The van der Waals surface area contributed by atoms with E-state index in [1.807, 2.05) is 0 Å². The quantitative estimate of drug-likeness (QED) is 0.438. The topological polar surface area (TPSA) is 32.3 Å². The normalized spacial score (nSPS) is 22.9. The molecule has 2 heteroatoms. The predicted molar refractivity (Wildman–Crippen MR) is 37.0 cm³/mol. The average Bonchev–Trinajstić information content (AvgIpc) is 1.60. The van der Waals surface area contributed by atoms with Crippen LogP contribution in [0, 0.1) is 5.92 Å². The summed E-state index contributed by atoms with van der Waals surface area (Å²) in [6, 6.07) is 0. The van der Waals surface area contributed by atoms with Gasteiger partial charge in [-0.1, -0.05) is 12.2 Å². The zero-order valence-electron chi connectivity index (χ0n) is 5.30. The summed E-state index contributed by atoms with van der Waals surface area (Å²) in [5.74, 6) is 0.671. The van der Waals surface area contributed by atoms with Gasteiger partial charge in [0.15, 0.2) is 5.88 Å². The maximum absolute atomic E-state index is 8.59. The van der Waals surface area contributed by atoms with E-state index in [0.717, 1.165) is 13.0 Å². The highest BCUT2D eigenvalue weighted by molar-refractivity contribution is 5.03. The van der Waals surface area contributed by atoms with Gasteiger partial charge in [0.1, 0.15) is 0 Å². The van der Waals surface area contributed by atoms with Gasteiger partial charge in [-0.05, 0) is 18.9 Å². The molecule has 2 nitrogen and oxygen atoms in total. The molecule has 0 aromatic carbocycles. The smallest absolute Gasteiger partial charge is 0.176 e. The summed E-state index contributed by atoms with van der Waals surface area (Å²) in [6.45, 7) is 4.12. The van der Waals surface area contributed by atoms with Crippen LogP contribution in [0.4, 0.5) is 0 Å². The van der Waals surface area contributed by atoms with Crippen LogP contribution in [-0.4, -0.2) is 11.7 Å². The molecule has 1 unspecified atom stereocenters. The third kappa shape index (κ3) is 1.80. The van der Waals surface area contributed by atoms with Gasteiger partial charge in [0, 0.05) is 6.54 Å². The van der Waals surface area contributed by atoms with E-state index in [4.69, 9.17) is 5.11 Å². The molecule has 0 amide bonds. The molecule has 9 heavy (non-hydrogen) atoms. The molecular formula is C7H11NO. The molecule has 1 aliphatic rings. The molecule has 0 aliphatic heterocycles. The van der Waals surface area contributed by atoms with Crippen LogP contribution in [-0.2, 0) is 0 Å². The minimum Gasteiger partial charge on any atom is -0.495 e. The summed E-state index contributed by atoms with van der Waals surface area (Å²) in [4.78, 5) is 0. The van der Waals surface area contributed by atoms with Crippen molar-refractivity contribution in [2.24, 2.45) is 5.92 Å². The summed E-state index contributed by atoms with van der Waals surface area (Å²) < 4.78 is 0. The SMILES string of the molecule is C=C(O)NCC1C=CC1. The lowest BCUT2D eigenvalue weighted by molar-refractivity contribution is 0.355. The third-order valence-electron chi connectivity index (χ3n) is 1.42. The molecule has 1 rings (SSSR count). The van der Waals surface area contributed by atoms with Crippen molar-refractivity contribution < 1.29 is 5.11 Å². The Balaban J connectivity index is 2.05. The molecule has 50 valence electrons. The highest BCUT2D eigenvalue weighted by atomic mass is 16.3. The monoisotopic (exact) mass is 125 g/mol. The number of rotatable bonds is 3. The Bertz CT molecular complexity index is 140. The number of allylic oxidation sites excluding steroid dienone is 1. The Morgan fingerprint density at radius 1 is 1.89 bits per heavy atom. The van der Waals surface area contributed by atoms with E-state index < -0.39 is 0 Å². The van der Waals surface area contributed by atoms with Crippen molar-refractivity contribution in [3.8, 4) is 0 Å². The van der Waals surface area contributed by atoms with Crippen molar-refractivity contribution in [2.75, 3.05) is 6.54 Å². The first kappa shape index (κ1) is 6.20. The maximum atomic E-state index is 8.59. The molecule has 1 aliphatic carbocycles. The highest BCUT2D eigenvalue weighted by Crippen LogP contribution is 2.14. The van der Waals surface area contributed by atoms with Gasteiger partial charge in [-0.15, -0.1) is 0 Å². The lowest BCUT2D eigenvalue weighted by atomic mass is 9.96. The second-order valence-electron chi connectivity index (χ2n) is 2.25. The zero-order chi connectivity index (χ0) is 6.69. The van der Waals surface area contributed by atoms with Crippen molar-refractivity contribution in [2.45, 2.75) is 6.42 Å². The summed E-state index contributed by atoms with van der Waals surface area (Å²) >= 11 is 0. The van der Waals surface area contributed by atoms with Crippen LogP contribution < -0.4 is 5.32 Å². The molecule has 0 aromatic heterocycles. The minimum atomic E-state index is 0.0651. The average molecular weight is 125 g/mol. The molecule has 0 bridgehead atoms. The van der Waals surface area contributed by atoms with Crippen LogP contribution in [0.2, 0.25) is 0 Å². The zero-order valence-corrected chi connectivity index (χ0v) is 5.30. The van der Waals surface area contributed by atoms with Gasteiger partial charge in [-0.2, -0.15) is 0 Å². The summed E-state index contributed by atoms with van der Waals surface area (Å²) in [5, 5.41) is 11.3. The van der Waals surface area contributed by atoms with E-state index in [1.165, 1.54) is 0 Å². The van der Waals surface area contributed by atoms with E-state index in [9.17, 15) is 0 Å². The Kier molecular flexibility index (Phi) is 1.78. The molecule has 0 saturated heterocycles. The summed E-state index contributed by atoms with van der Waals surface area (Å²) in [7, 11) is 0. The van der Waals surface area contributed by atoms with Crippen molar-refractivity contribution in [3.05, 3.63) is 24.6 Å². The lowest BCUT2D eigenvalue weighted by Crippen LogP contribution is -2.22. The minimum absolute atomic E-state index is 0.0651. The second kappa shape index (κ2) is 2.58. The molecular weight excluding hydrogens is 114 g/mol. The fourth-order valence-corrected chi connectivity index (χ4v) is 0.729.